The first-order chi connectivity index (χ1) is 8.01. The van der Waals surface area contributed by atoms with Crippen molar-refractivity contribution in [2.24, 2.45) is 0 Å². The lowest BCUT2D eigenvalue weighted by Crippen LogP contribution is -2.43. The Morgan fingerprint density at radius 3 is 2.41 bits per heavy atom. The SMILES string of the molecule is CSc1cc(C)c(C)c(C2(C(=O)O)CCC2)c1. The fourth-order valence-corrected chi connectivity index (χ4v) is 3.10. The van der Waals surface area contributed by atoms with E-state index in [2.05, 4.69) is 19.1 Å². The fourth-order valence-electron chi connectivity index (χ4n) is 2.57. The zero-order valence-electron chi connectivity index (χ0n) is 10.5. The number of carbonyl (C=O) groups is 1. The van der Waals surface area contributed by atoms with Crippen molar-refractivity contribution in [1.82, 2.24) is 0 Å². The predicted molar refractivity (Wildman–Crippen MR) is 70.9 cm³/mol. The molecule has 0 radical (unpaired) electrons. The minimum atomic E-state index is -0.662. The zero-order valence-corrected chi connectivity index (χ0v) is 11.4. The lowest BCUT2D eigenvalue weighted by atomic mass is 9.63. The molecule has 1 N–H and O–H groups in total. The van der Waals surface area contributed by atoms with E-state index in [1.807, 2.05) is 13.2 Å². The molecule has 1 aliphatic carbocycles. The van der Waals surface area contributed by atoms with Crippen LogP contribution in [-0.4, -0.2) is 17.3 Å². The van der Waals surface area contributed by atoms with Crippen LogP contribution in [0.3, 0.4) is 0 Å². The maximum Gasteiger partial charge on any atom is 0.314 e. The Balaban J connectivity index is 2.57. The number of aryl methyl sites for hydroxylation is 1. The summed E-state index contributed by atoms with van der Waals surface area (Å²) in [5.74, 6) is -0.662. The van der Waals surface area contributed by atoms with Crippen LogP contribution in [-0.2, 0) is 10.2 Å². The smallest absolute Gasteiger partial charge is 0.314 e. The molecule has 17 heavy (non-hydrogen) atoms. The average Bonchev–Trinajstić information content (AvgIpc) is 2.21. The van der Waals surface area contributed by atoms with Gasteiger partial charge in [0, 0.05) is 4.90 Å². The second-order valence-electron chi connectivity index (χ2n) is 4.86. The van der Waals surface area contributed by atoms with Gasteiger partial charge in [0.25, 0.3) is 0 Å². The van der Waals surface area contributed by atoms with Crippen molar-refractivity contribution in [2.75, 3.05) is 6.26 Å². The molecule has 0 saturated heterocycles. The summed E-state index contributed by atoms with van der Waals surface area (Å²) in [5.41, 5.74) is 2.76. The quantitative estimate of drug-likeness (QED) is 0.834. The molecule has 0 atom stereocenters. The Bertz CT molecular complexity index is 462. The van der Waals surface area contributed by atoms with Crippen molar-refractivity contribution in [1.29, 1.82) is 0 Å². The summed E-state index contributed by atoms with van der Waals surface area (Å²) in [4.78, 5) is 12.7. The standard InChI is InChI=1S/C14H18O2S/c1-9-7-11(17-3)8-12(10(9)2)14(13(15)16)5-4-6-14/h7-8H,4-6H2,1-3H3,(H,15,16). The van der Waals surface area contributed by atoms with Crippen molar-refractivity contribution in [3.63, 3.8) is 0 Å². The number of thioether (sulfide) groups is 1. The molecule has 1 saturated carbocycles. The summed E-state index contributed by atoms with van der Waals surface area (Å²) in [7, 11) is 0. The van der Waals surface area contributed by atoms with Gasteiger partial charge in [-0.1, -0.05) is 6.42 Å². The van der Waals surface area contributed by atoms with E-state index in [0.717, 1.165) is 35.3 Å². The van der Waals surface area contributed by atoms with Crippen LogP contribution in [0.1, 0.15) is 36.0 Å². The lowest BCUT2D eigenvalue weighted by Gasteiger charge is -2.39. The molecule has 1 fully saturated rings. The van der Waals surface area contributed by atoms with E-state index in [1.165, 1.54) is 5.56 Å². The van der Waals surface area contributed by atoms with Gasteiger partial charge in [0.15, 0.2) is 0 Å². The van der Waals surface area contributed by atoms with E-state index in [9.17, 15) is 9.90 Å². The van der Waals surface area contributed by atoms with Crippen LogP contribution in [0.5, 0.6) is 0 Å². The number of carboxylic acid groups (broad SMARTS) is 1. The largest absolute Gasteiger partial charge is 0.481 e. The highest BCUT2D eigenvalue weighted by Crippen LogP contribution is 2.46. The predicted octanol–water partition coefficient (Wildman–Crippen LogP) is 3.53. The van der Waals surface area contributed by atoms with Crippen molar-refractivity contribution in [3.8, 4) is 0 Å². The summed E-state index contributed by atoms with van der Waals surface area (Å²) in [6, 6.07) is 4.21. The van der Waals surface area contributed by atoms with Gasteiger partial charge in [-0.05, 0) is 61.8 Å². The van der Waals surface area contributed by atoms with Gasteiger partial charge in [-0.2, -0.15) is 0 Å². The normalized spacial score (nSPS) is 17.6. The zero-order chi connectivity index (χ0) is 12.6. The second kappa shape index (κ2) is 4.37. The number of hydrogen-bond donors (Lipinski definition) is 1. The molecular weight excluding hydrogens is 232 g/mol. The maximum atomic E-state index is 11.6. The third kappa shape index (κ3) is 1.86. The Labute approximate surface area is 106 Å². The molecule has 0 heterocycles. The molecule has 0 bridgehead atoms. The van der Waals surface area contributed by atoms with Crippen LogP contribution in [0.2, 0.25) is 0 Å². The van der Waals surface area contributed by atoms with Crippen LogP contribution in [0.15, 0.2) is 17.0 Å². The Hall–Kier alpha value is -0.960. The van der Waals surface area contributed by atoms with Gasteiger partial charge >= 0.3 is 5.97 Å². The highest BCUT2D eigenvalue weighted by atomic mass is 32.2. The van der Waals surface area contributed by atoms with Crippen molar-refractivity contribution in [2.45, 2.75) is 43.4 Å². The summed E-state index contributed by atoms with van der Waals surface area (Å²) >= 11 is 1.68. The summed E-state index contributed by atoms with van der Waals surface area (Å²) < 4.78 is 0. The van der Waals surface area contributed by atoms with E-state index in [1.54, 1.807) is 11.8 Å². The number of benzene rings is 1. The topological polar surface area (TPSA) is 37.3 Å². The van der Waals surface area contributed by atoms with E-state index >= 15 is 0 Å². The Kier molecular flexibility index (Phi) is 3.21. The van der Waals surface area contributed by atoms with Gasteiger partial charge in [0.2, 0.25) is 0 Å². The molecule has 0 aliphatic heterocycles. The molecule has 1 aromatic rings. The lowest BCUT2D eigenvalue weighted by molar-refractivity contribution is -0.147. The second-order valence-corrected chi connectivity index (χ2v) is 5.74. The van der Waals surface area contributed by atoms with Gasteiger partial charge in [0.1, 0.15) is 0 Å². The van der Waals surface area contributed by atoms with Gasteiger partial charge in [-0.3, -0.25) is 4.79 Å². The van der Waals surface area contributed by atoms with E-state index < -0.39 is 11.4 Å². The fraction of sp³-hybridized carbons (Fsp3) is 0.500. The summed E-state index contributed by atoms with van der Waals surface area (Å²) in [6.07, 6.45) is 4.61. The van der Waals surface area contributed by atoms with Gasteiger partial charge < -0.3 is 5.11 Å². The Morgan fingerprint density at radius 1 is 1.35 bits per heavy atom. The van der Waals surface area contributed by atoms with Crippen LogP contribution in [0.4, 0.5) is 0 Å². The summed E-state index contributed by atoms with van der Waals surface area (Å²) in [6.45, 7) is 4.10. The molecule has 0 spiro atoms. The first-order valence-corrected chi connectivity index (χ1v) is 7.13. The monoisotopic (exact) mass is 250 g/mol. The molecule has 0 unspecified atom stereocenters. The molecule has 92 valence electrons. The molecule has 0 aromatic heterocycles. The highest BCUT2D eigenvalue weighted by molar-refractivity contribution is 7.98. The molecule has 3 heteroatoms. The Morgan fingerprint density at radius 2 is 2.00 bits per heavy atom. The third-order valence-electron chi connectivity index (χ3n) is 4.01. The number of rotatable bonds is 3. The van der Waals surface area contributed by atoms with Gasteiger partial charge in [0.05, 0.1) is 5.41 Å². The average molecular weight is 250 g/mol. The maximum absolute atomic E-state index is 11.6. The van der Waals surface area contributed by atoms with Crippen LogP contribution < -0.4 is 0 Å². The number of carboxylic acids is 1. The molecule has 2 rings (SSSR count). The molecule has 0 amide bonds. The molecular formula is C14H18O2S. The number of hydrogen-bond acceptors (Lipinski definition) is 2. The first-order valence-electron chi connectivity index (χ1n) is 5.90. The van der Waals surface area contributed by atoms with E-state index in [4.69, 9.17) is 0 Å². The third-order valence-corrected chi connectivity index (χ3v) is 4.72. The van der Waals surface area contributed by atoms with Crippen molar-refractivity contribution >= 4 is 17.7 Å². The van der Waals surface area contributed by atoms with Crippen LogP contribution in [0.25, 0.3) is 0 Å². The molecule has 1 aliphatic rings. The minimum Gasteiger partial charge on any atom is -0.481 e. The van der Waals surface area contributed by atoms with Crippen LogP contribution >= 0.6 is 11.8 Å². The van der Waals surface area contributed by atoms with Crippen LogP contribution in [0, 0.1) is 13.8 Å². The van der Waals surface area contributed by atoms with E-state index in [0.29, 0.717) is 0 Å². The summed E-state index contributed by atoms with van der Waals surface area (Å²) in [5, 5.41) is 9.51. The van der Waals surface area contributed by atoms with Crippen molar-refractivity contribution in [3.05, 3.63) is 28.8 Å². The van der Waals surface area contributed by atoms with Gasteiger partial charge in [-0.15, -0.1) is 11.8 Å². The minimum absolute atomic E-state index is 0.611. The first kappa shape index (κ1) is 12.5. The van der Waals surface area contributed by atoms with E-state index in [-0.39, 0.29) is 0 Å². The number of aliphatic carboxylic acids is 1. The highest BCUT2D eigenvalue weighted by Gasteiger charge is 2.46. The molecule has 1 aromatic carbocycles. The molecule has 2 nitrogen and oxygen atoms in total. The van der Waals surface area contributed by atoms with Gasteiger partial charge in [-0.25, -0.2) is 0 Å². The van der Waals surface area contributed by atoms with Crippen molar-refractivity contribution < 1.29 is 9.90 Å².